The number of hydrogen-bond donors (Lipinski definition) is 20. The molecule has 3 aromatic carbocycles. The molecule has 1 fully saturated rings. The highest BCUT2D eigenvalue weighted by molar-refractivity contribution is 6.00. The second-order valence-electron chi connectivity index (χ2n) is 31.2. The van der Waals surface area contributed by atoms with Crippen molar-refractivity contribution < 1.29 is 91.7 Å². The van der Waals surface area contributed by atoms with Gasteiger partial charge in [-0.05, 0) is 124 Å². The van der Waals surface area contributed by atoms with Gasteiger partial charge in [0.05, 0.1) is 12.6 Å². The molecule has 3 aromatic rings. The number of nitrogens with one attached hydrogen (secondary N) is 12. The van der Waals surface area contributed by atoms with Gasteiger partial charge in [-0.15, -0.1) is 0 Å². The average molecular weight is 1680 g/mol. The van der Waals surface area contributed by atoms with E-state index >= 15 is 0 Å². The van der Waals surface area contributed by atoms with Gasteiger partial charge in [-0.3, -0.25) is 86.5 Å². The number of aliphatic carboxylic acids is 1. The van der Waals surface area contributed by atoms with Gasteiger partial charge in [0.15, 0.2) is 5.96 Å². The van der Waals surface area contributed by atoms with Crippen molar-refractivity contribution in [1.82, 2.24) is 68.7 Å². The summed E-state index contributed by atoms with van der Waals surface area (Å²) in [5, 5.41) is 50.8. The summed E-state index contributed by atoms with van der Waals surface area (Å²) in [4.78, 5) is 238. The molecule has 0 unspecified atom stereocenters. The summed E-state index contributed by atoms with van der Waals surface area (Å²) in [7, 11) is 0. The minimum atomic E-state index is -1.74. The lowest BCUT2D eigenvalue weighted by molar-refractivity contribution is -0.143. The summed E-state index contributed by atoms with van der Waals surface area (Å²) in [6.45, 7) is 14.3. The van der Waals surface area contributed by atoms with Gasteiger partial charge in [-0.1, -0.05) is 135 Å². The summed E-state index contributed by atoms with van der Waals surface area (Å²) in [5.41, 5.74) is 35.3. The van der Waals surface area contributed by atoms with Crippen LogP contribution in [-0.2, 0) is 101 Å². The van der Waals surface area contributed by atoms with Gasteiger partial charge in [0, 0.05) is 45.2 Å². The largest absolute Gasteiger partial charge is 0.508 e. The Hall–Kier alpha value is -12.3. The number of guanidine groups is 1. The number of carboxylic acid groups (broad SMARTS) is 1. The zero-order valence-electron chi connectivity index (χ0n) is 69.5. The van der Waals surface area contributed by atoms with E-state index in [1.807, 2.05) is 30.3 Å². The Morgan fingerprint density at radius 3 is 1.40 bits per heavy atom. The number of rotatable bonds is 52. The monoisotopic (exact) mass is 1680 g/mol. The first-order chi connectivity index (χ1) is 56.6. The van der Waals surface area contributed by atoms with Crippen molar-refractivity contribution in [3.8, 4) is 5.75 Å². The van der Waals surface area contributed by atoms with Crippen molar-refractivity contribution in [2.24, 2.45) is 63.1 Å². The molecule has 39 heteroatoms. The van der Waals surface area contributed by atoms with E-state index in [0.717, 1.165) is 5.56 Å². The Bertz CT molecular complexity index is 4040. The minimum absolute atomic E-state index is 0.0187. The van der Waals surface area contributed by atoms with Gasteiger partial charge in [0.1, 0.15) is 78.3 Å². The van der Waals surface area contributed by atoms with Crippen LogP contribution in [0.4, 0.5) is 0 Å². The van der Waals surface area contributed by atoms with E-state index in [2.05, 4.69) is 68.8 Å². The molecule has 14 atom stereocenters. The van der Waals surface area contributed by atoms with Crippen LogP contribution in [0.3, 0.4) is 0 Å². The predicted octanol–water partition coefficient (Wildman–Crippen LogP) is -3.06. The fourth-order valence-electron chi connectivity index (χ4n) is 13.0. The number of nitrogens with zero attached hydrogens (tertiary/aromatic N) is 2. The molecular weight excluding hydrogens is 1560 g/mol. The number of phenols is 1. The molecule has 0 aliphatic carbocycles. The molecule has 4 rings (SSSR count). The van der Waals surface area contributed by atoms with Crippen LogP contribution >= 0.6 is 0 Å². The topological polar surface area (TPSA) is 647 Å². The standard InChI is InChI=1S/C81H122N20O19/c1-10-46(8)67(100-78(118)61-24-18-36-101(61)80(120)66(45(6)7)99-70(110)52(82)39-48-19-13-11-14-20-48)79(119)98-60(40-49-21-15-12-16-22-49)75(115)90-47(9)69(109)95-59(41-50-25-27-51(102)28-26-50)71(111)89-42-64(105)91-55(31-34-65(106)107)73(113)97-58(38-44(4)5)77(117)94-56(30-33-63(84)104)74(114)93-54(23-17-35-88-81(86)87)72(112)96-57(37-43(2)3)76(116)92-53(68(85)108)29-32-62(83)103/h11-16,19-22,25-28,43-47,52-61,66-67,102H,10,17-18,23-24,29-42,82H2,1-9H3,(H2,83,103)(H2,84,104)(H2,85,108)(H,89,111)(H,90,115)(H,91,105)(H,92,116)(H,93,114)(H,94,117)(H,95,109)(H,96,112)(H,97,113)(H,98,119)(H,99,110)(H,100,118)(H,106,107)(H4,86,87,88)/t46-,47-,52-,53-,54-,55-,56-,57-,58-,59-,60-,61-,66-,67-/m0/s1. The average Bonchev–Trinajstić information content (AvgIpc) is 1.60. The Balaban J connectivity index is 1.55. The molecular formula is C81H122N20O19. The highest BCUT2D eigenvalue weighted by atomic mass is 16.4. The van der Waals surface area contributed by atoms with Crippen molar-refractivity contribution in [3.05, 3.63) is 102 Å². The molecule has 0 saturated carbocycles. The smallest absolute Gasteiger partial charge is 0.303 e. The van der Waals surface area contributed by atoms with Gasteiger partial charge in [0.25, 0.3) is 0 Å². The Kier molecular flexibility index (Phi) is 42.1. The van der Waals surface area contributed by atoms with Crippen molar-refractivity contribution >= 4 is 106 Å². The van der Waals surface area contributed by atoms with Gasteiger partial charge >= 0.3 is 5.97 Å². The van der Waals surface area contributed by atoms with E-state index in [-0.39, 0.29) is 94.9 Å². The summed E-state index contributed by atoms with van der Waals surface area (Å²) in [6.07, 6.45) is -2.46. The number of carbonyl (C=O) groups is 17. The Morgan fingerprint density at radius 1 is 0.467 bits per heavy atom. The fraction of sp³-hybridized carbons (Fsp3) is 0.556. The minimum Gasteiger partial charge on any atom is -0.508 e. The number of nitrogens with two attached hydrogens (primary N) is 6. The predicted molar refractivity (Wildman–Crippen MR) is 441 cm³/mol. The number of hydrogen-bond acceptors (Lipinski definition) is 20. The van der Waals surface area contributed by atoms with Gasteiger partial charge in [0.2, 0.25) is 94.5 Å². The Labute approximate surface area is 697 Å². The van der Waals surface area contributed by atoms with Crippen molar-refractivity contribution in [2.45, 2.75) is 244 Å². The highest BCUT2D eigenvalue weighted by Crippen LogP contribution is 2.23. The maximum Gasteiger partial charge on any atom is 0.303 e. The van der Waals surface area contributed by atoms with Crippen LogP contribution in [0, 0.1) is 23.7 Å². The number of phenolic OH excluding ortho intramolecular Hbond substituents is 1. The van der Waals surface area contributed by atoms with Crippen molar-refractivity contribution in [1.29, 1.82) is 0 Å². The van der Waals surface area contributed by atoms with Crippen LogP contribution in [0.5, 0.6) is 5.75 Å². The molecule has 0 bridgehead atoms. The lowest BCUT2D eigenvalue weighted by Crippen LogP contribution is -2.61. The van der Waals surface area contributed by atoms with Gasteiger partial charge < -0.3 is 113 Å². The zero-order valence-corrected chi connectivity index (χ0v) is 69.5. The van der Waals surface area contributed by atoms with E-state index in [4.69, 9.17) is 34.4 Å². The number of benzene rings is 3. The molecule has 0 radical (unpaired) electrons. The molecule has 1 saturated heterocycles. The van der Waals surface area contributed by atoms with Gasteiger partial charge in [-0.25, -0.2) is 0 Å². The second kappa shape index (κ2) is 50.4. The number of carbonyl (C=O) groups excluding carboxylic acids is 16. The maximum absolute atomic E-state index is 14.7. The number of primary amides is 3. The molecule has 1 aliphatic heterocycles. The van der Waals surface area contributed by atoms with E-state index in [1.54, 1.807) is 85.7 Å². The summed E-state index contributed by atoms with van der Waals surface area (Å²) in [6, 6.07) is 5.12. The first-order valence-electron chi connectivity index (χ1n) is 40.2. The molecule has 660 valence electrons. The van der Waals surface area contributed by atoms with Crippen LogP contribution in [0.2, 0.25) is 0 Å². The lowest BCUT2D eigenvalue weighted by Gasteiger charge is -2.33. The molecule has 120 heavy (non-hydrogen) atoms. The third-order valence-corrected chi connectivity index (χ3v) is 19.8. The quantitative estimate of drug-likeness (QED) is 0.0152. The van der Waals surface area contributed by atoms with E-state index in [1.165, 1.54) is 36.1 Å². The Morgan fingerprint density at radius 2 is 0.908 bits per heavy atom. The molecule has 26 N–H and O–H groups in total. The zero-order chi connectivity index (χ0) is 89.6. The molecule has 16 amide bonds. The second-order valence-corrected chi connectivity index (χ2v) is 31.2. The maximum atomic E-state index is 14.7. The fourth-order valence-corrected chi connectivity index (χ4v) is 13.0. The highest BCUT2D eigenvalue weighted by Gasteiger charge is 2.42. The van der Waals surface area contributed by atoms with Crippen LogP contribution in [0.1, 0.15) is 162 Å². The summed E-state index contributed by atoms with van der Waals surface area (Å²) >= 11 is 0. The SMILES string of the molecule is CC[C@H](C)[C@H](NC(=O)[C@@H]1CCCN1C(=O)[C@@H](NC(=O)[C@@H](N)Cc1ccccc1)C(C)C)C(=O)N[C@@H](Cc1ccccc1)C(=O)N[C@@H](C)C(=O)N[C@@H](Cc1ccc(O)cc1)C(=O)NCC(=O)N[C@@H](CCC(=O)O)C(=O)N[C@@H](CC(C)C)C(=O)N[C@@H](CCC(N)=O)C(=O)N[C@@H](CCCN=C(N)N)C(=O)N[C@@H](CC(C)C)C(=O)N[C@@H](CCC(N)=O)C(N)=O. The molecule has 0 aromatic heterocycles. The first kappa shape index (κ1) is 100. The van der Waals surface area contributed by atoms with Crippen LogP contribution in [-0.4, -0.2) is 220 Å². The molecule has 1 heterocycles. The van der Waals surface area contributed by atoms with Crippen molar-refractivity contribution in [3.63, 3.8) is 0 Å². The lowest BCUT2D eigenvalue weighted by atomic mass is 9.96. The van der Waals surface area contributed by atoms with Crippen LogP contribution in [0.25, 0.3) is 0 Å². The molecule has 39 nitrogen and oxygen atoms in total. The number of aliphatic imine (C=N–C) groups is 1. The number of aromatic hydroxyl groups is 1. The van der Waals surface area contributed by atoms with E-state index < -0.39 is 229 Å². The first-order valence-corrected chi connectivity index (χ1v) is 40.2. The van der Waals surface area contributed by atoms with E-state index in [9.17, 15) is 91.7 Å². The number of amides is 16. The number of carboxylic acids is 1. The third kappa shape index (κ3) is 35.5. The molecule has 1 aliphatic rings. The number of likely N-dealkylation sites (tertiary alicyclic amines) is 1. The normalized spacial score (nSPS) is 15.7. The van der Waals surface area contributed by atoms with E-state index in [0.29, 0.717) is 24.0 Å². The van der Waals surface area contributed by atoms with Crippen LogP contribution < -0.4 is 98.2 Å². The van der Waals surface area contributed by atoms with Gasteiger partial charge in [-0.2, -0.15) is 0 Å². The van der Waals surface area contributed by atoms with Crippen LogP contribution in [0.15, 0.2) is 89.9 Å². The summed E-state index contributed by atoms with van der Waals surface area (Å²) in [5.74, 6) is -17.7. The van der Waals surface area contributed by atoms with Crippen molar-refractivity contribution in [2.75, 3.05) is 19.6 Å². The molecule has 0 spiro atoms. The third-order valence-electron chi connectivity index (χ3n) is 19.8. The summed E-state index contributed by atoms with van der Waals surface area (Å²) < 4.78 is 0.